The van der Waals surface area contributed by atoms with Crippen LogP contribution in [0, 0.1) is 12.7 Å². The molecule has 3 aromatic rings. The lowest BCUT2D eigenvalue weighted by Gasteiger charge is -2.15. The highest BCUT2D eigenvalue weighted by molar-refractivity contribution is 6.46. The third-order valence-corrected chi connectivity index (χ3v) is 5.13. The van der Waals surface area contributed by atoms with E-state index in [1.807, 2.05) is 19.1 Å². The van der Waals surface area contributed by atoms with Crippen molar-refractivity contribution in [3.63, 3.8) is 0 Å². The molecule has 31 heavy (non-hydrogen) atoms. The predicted molar refractivity (Wildman–Crippen MR) is 113 cm³/mol. The van der Waals surface area contributed by atoms with Crippen LogP contribution >= 0.6 is 0 Å². The topological polar surface area (TPSA) is 67.9 Å². The summed E-state index contributed by atoms with van der Waals surface area (Å²) in [5.41, 5.74) is 2.66. The van der Waals surface area contributed by atoms with Crippen LogP contribution in [0.2, 0.25) is 0 Å². The molecule has 0 fully saturated rings. The highest BCUT2D eigenvalue weighted by Crippen LogP contribution is 2.37. The number of nitrogens with zero attached hydrogens (tertiary/aromatic N) is 1. The van der Waals surface area contributed by atoms with E-state index in [2.05, 4.69) is 5.32 Å². The molecule has 6 nitrogen and oxygen atoms in total. The average molecular weight is 416 g/mol. The van der Waals surface area contributed by atoms with Crippen molar-refractivity contribution in [3.8, 4) is 11.5 Å². The number of imide groups is 1. The van der Waals surface area contributed by atoms with E-state index in [1.165, 1.54) is 18.2 Å². The number of fused-ring (bicyclic) bond motifs is 1. The second-order valence-electron chi connectivity index (χ2n) is 7.23. The number of aryl methyl sites for hydroxylation is 1. The van der Waals surface area contributed by atoms with Crippen LogP contribution in [-0.4, -0.2) is 18.6 Å². The van der Waals surface area contributed by atoms with Gasteiger partial charge in [0.2, 0.25) is 6.79 Å². The summed E-state index contributed by atoms with van der Waals surface area (Å²) >= 11 is 0. The van der Waals surface area contributed by atoms with E-state index < -0.39 is 17.6 Å². The van der Waals surface area contributed by atoms with Gasteiger partial charge in [0.05, 0.1) is 11.3 Å². The maximum absolute atomic E-state index is 13.8. The Kier molecular flexibility index (Phi) is 4.43. The molecule has 0 saturated heterocycles. The van der Waals surface area contributed by atoms with Gasteiger partial charge >= 0.3 is 0 Å². The Labute approximate surface area is 177 Å². The first-order valence-corrected chi connectivity index (χ1v) is 9.63. The van der Waals surface area contributed by atoms with Gasteiger partial charge in [0.25, 0.3) is 11.8 Å². The Morgan fingerprint density at radius 1 is 0.903 bits per heavy atom. The molecular formula is C24H17FN2O4. The molecule has 0 saturated carbocycles. The summed E-state index contributed by atoms with van der Waals surface area (Å²) in [5.74, 6) is -0.478. The van der Waals surface area contributed by atoms with Crippen molar-refractivity contribution in [1.82, 2.24) is 0 Å². The lowest BCUT2D eigenvalue weighted by Crippen LogP contribution is -2.32. The lowest BCUT2D eigenvalue weighted by atomic mass is 10.0. The van der Waals surface area contributed by atoms with Gasteiger partial charge in [-0.2, -0.15) is 0 Å². The first-order valence-electron chi connectivity index (χ1n) is 9.63. The number of carbonyl (C=O) groups is 2. The Bertz CT molecular complexity index is 1250. The van der Waals surface area contributed by atoms with Gasteiger partial charge in [-0.15, -0.1) is 0 Å². The maximum atomic E-state index is 13.8. The van der Waals surface area contributed by atoms with E-state index in [0.29, 0.717) is 22.7 Å². The van der Waals surface area contributed by atoms with Crippen LogP contribution < -0.4 is 19.7 Å². The third-order valence-electron chi connectivity index (χ3n) is 5.13. The number of halogens is 1. The fraction of sp³-hybridized carbons (Fsp3) is 0.0833. The normalized spacial score (nSPS) is 15.1. The van der Waals surface area contributed by atoms with Crippen LogP contribution in [0.1, 0.15) is 11.1 Å². The van der Waals surface area contributed by atoms with Gasteiger partial charge in [-0.1, -0.05) is 35.9 Å². The number of anilines is 2. The molecule has 0 aliphatic carbocycles. The summed E-state index contributed by atoms with van der Waals surface area (Å²) in [4.78, 5) is 27.6. The number of hydrogen-bond donors (Lipinski definition) is 1. The number of benzene rings is 3. The van der Waals surface area contributed by atoms with Crippen molar-refractivity contribution in [1.29, 1.82) is 0 Å². The predicted octanol–water partition coefficient (Wildman–Crippen LogP) is 4.26. The van der Waals surface area contributed by atoms with Gasteiger partial charge in [0.1, 0.15) is 11.5 Å². The molecule has 2 amide bonds. The minimum absolute atomic E-state index is 0.108. The number of ether oxygens (including phenoxy) is 2. The van der Waals surface area contributed by atoms with Crippen molar-refractivity contribution in [2.45, 2.75) is 6.92 Å². The number of amides is 2. The molecule has 0 unspecified atom stereocenters. The summed E-state index contributed by atoms with van der Waals surface area (Å²) < 4.78 is 24.5. The number of nitrogens with one attached hydrogen (secondary N) is 1. The molecule has 3 aromatic carbocycles. The highest BCUT2D eigenvalue weighted by atomic mass is 19.1. The van der Waals surface area contributed by atoms with Gasteiger partial charge < -0.3 is 14.8 Å². The standard InChI is InChI=1S/C24H17FN2O4/c1-14-5-7-15(8-6-14)21-22(26-17-9-10-19-20(12-17)31-13-30-19)24(29)27(23(21)28)18-4-2-3-16(25)11-18/h2-12,26H,13H2,1H3. The van der Waals surface area contributed by atoms with Crippen LogP contribution in [0.5, 0.6) is 11.5 Å². The van der Waals surface area contributed by atoms with Crippen LogP contribution in [0.4, 0.5) is 15.8 Å². The second kappa shape index (κ2) is 7.28. The van der Waals surface area contributed by atoms with E-state index in [-0.39, 0.29) is 23.8 Å². The summed E-state index contributed by atoms with van der Waals surface area (Å²) in [7, 11) is 0. The monoisotopic (exact) mass is 416 g/mol. The van der Waals surface area contributed by atoms with Crippen molar-refractivity contribution < 1.29 is 23.5 Å². The van der Waals surface area contributed by atoms with Crippen molar-refractivity contribution in [2.24, 2.45) is 0 Å². The first-order chi connectivity index (χ1) is 15.0. The minimum Gasteiger partial charge on any atom is -0.454 e. The van der Waals surface area contributed by atoms with Crippen LogP contribution in [0.25, 0.3) is 5.57 Å². The fourth-order valence-electron chi connectivity index (χ4n) is 3.60. The second-order valence-corrected chi connectivity index (χ2v) is 7.23. The third kappa shape index (κ3) is 3.30. The zero-order valence-electron chi connectivity index (χ0n) is 16.5. The SMILES string of the molecule is Cc1ccc(C2=C(Nc3ccc4c(c3)OCO4)C(=O)N(c3cccc(F)c3)C2=O)cc1. The summed E-state index contributed by atoms with van der Waals surface area (Å²) in [6, 6.07) is 17.9. The summed E-state index contributed by atoms with van der Waals surface area (Å²) in [6.45, 7) is 2.06. The number of hydrogen-bond acceptors (Lipinski definition) is 5. The minimum atomic E-state index is -0.566. The largest absolute Gasteiger partial charge is 0.454 e. The molecule has 2 heterocycles. The quantitative estimate of drug-likeness (QED) is 0.644. The van der Waals surface area contributed by atoms with Crippen molar-refractivity contribution in [3.05, 3.63) is 89.4 Å². The molecule has 1 N–H and O–H groups in total. The van der Waals surface area contributed by atoms with Gasteiger partial charge in [-0.25, -0.2) is 9.29 Å². The van der Waals surface area contributed by atoms with Crippen molar-refractivity contribution in [2.75, 3.05) is 17.0 Å². The molecule has 0 radical (unpaired) electrons. The fourth-order valence-corrected chi connectivity index (χ4v) is 3.60. The molecule has 0 aromatic heterocycles. The molecular weight excluding hydrogens is 399 g/mol. The molecule has 0 atom stereocenters. The van der Waals surface area contributed by atoms with E-state index in [0.717, 1.165) is 16.5 Å². The number of carbonyl (C=O) groups excluding carboxylic acids is 2. The number of rotatable bonds is 4. The van der Waals surface area contributed by atoms with Gasteiger partial charge in [0.15, 0.2) is 11.5 Å². The molecule has 2 aliphatic rings. The Morgan fingerprint density at radius 2 is 1.68 bits per heavy atom. The van der Waals surface area contributed by atoms with Crippen LogP contribution in [-0.2, 0) is 9.59 Å². The highest BCUT2D eigenvalue weighted by Gasteiger charge is 2.40. The summed E-state index contributed by atoms with van der Waals surface area (Å²) in [5, 5.41) is 3.07. The molecule has 2 aliphatic heterocycles. The van der Waals surface area contributed by atoms with Crippen LogP contribution in [0.3, 0.4) is 0 Å². The Balaban J connectivity index is 1.60. The van der Waals surface area contributed by atoms with Gasteiger partial charge in [-0.3, -0.25) is 9.59 Å². The van der Waals surface area contributed by atoms with E-state index >= 15 is 0 Å². The first kappa shape index (κ1) is 18.9. The van der Waals surface area contributed by atoms with E-state index in [9.17, 15) is 14.0 Å². The molecule has 7 heteroatoms. The summed E-state index contributed by atoms with van der Waals surface area (Å²) in [6.07, 6.45) is 0. The Morgan fingerprint density at radius 3 is 2.45 bits per heavy atom. The van der Waals surface area contributed by atoms with Crippen LogP contribution in [0.15, 0.2) is 72.4 Å². The Hall–Kier alpha value is -4.13. The van der Waals surface area contributed by atoms with Crippen molar-refractivity contribution >= 4 is 28.8 Å². The smallest absolute Gasteiger partial charge is 0.282 e. The van der Waals surface area contributed by atoms with Gasteiger partial charge in [0, 0.05) is 11.8 Å². The zero-order valence-corrected chi connectivity index (χ0v) is 16.5. The lowest BCUT2D eigenvalue weighted by molar-refractivity contribution is -0.120. The van der Waals surface area contributed by atoms with Gasteiger partial charge in [-0.05, 0) is 42.8 Å². The molecule has 5 rings (SSSR count). The van der Waals surface area contributed by atoms with E-state index in [4.69, 9.17) is 9.47 Å². The molecule has 154 valence electrons. The zero-order chi connectivity index (χ0) is 21.5. The average Bonchev–Trinajstić information content (AvgIpc) is 3.31. The molecule has 0 spiro atoms. The van der Waals surface area contributed by atoms with E-state index in [1.54, 1.807) is 30.3 Å². The maximum Gasteiger partial charge on any atom is 0.282 e. The molecule has 0 bridgehead atoms.